The first-order valence-corrected chi connectivity index (χ1v) is 13.2. The highest BCUT2D eigenvalue weighted by Crippen LogP contribution is 2.43. The summed E-state index contributed by atoms with van der Waals surface area (Å²) in [5.41, 5.74) is -0.0410. The molecule has 168 valence electrons. The molecule has 1 heterocycles. The lowest BCUT2D eigenvalue weighted by Crippen LogP contribution is -2.64. The zero-order chi connectivity index (χ0) is 22.4. The molecule has 0 unspecified atom stereocenters. The van der Waals surface area contributed by atoms with E-state index in [2.05, 4.69) is 39.2 Å². The van der Waals surface area contributed by atoms with E-state index in [1.807, 2.05) is 30.3 Å². The van der Waals surface area contributed by atoms with Crippen molar-refractivity contribution in [2.75, 3.05) is 20.3 Å². The summed E-state index contributed by atoms with van der Waals surface area (Å²) in [6.45, 7) is 11.7. The SMILES string of the molecule is COC(=O)[C@H](NC(=O)OCc1ccccc1)C1(O[Si](C)(C)C(C)(C)C)CCOCC1. The monoisotopic (exact) mass is 437 g/mol. The van der Waals surface area contributed by atoms with Crippen molar-refractivity contribution in [3.63, 3.8) is 0 Å². The molecule has 1 atom stereocenters. The molecule has 0 bridgehead atoms. The van der Waals surface area contributed by atoms with Crippen molar-refractivity contribution < 1.29 is 28.2 Å². The molecule has 1 fully saturated rings. The molecule has 0 aliphatic carbocycles. The maximum Gasteiger partial charge on any atom is 0.408 e. The predicted molar refractivity (Wildman–Crippen MR) is 117 cm³/mol. The Morgan fingerprint density at radius 1 is 1.17 bits per heavy atom. The standard InChI is InChI=1S/C22H35NO6Si/c1-21(2,3)30(5,6)29-22(12-14-27-15-13-22)18(19(24)26-4)23-20(25)28-16-17-10-8-7-9-11-17/h7-11,18H,12-16H2,1-6H3,(H,23,25)/t18-/m0/s1. The van der Waals surface area contributed by atoms with Crippen molar-refractivity contribution in [1.29, 1.82) is 0 Å². The van der Waals surface area contributed by atoms with E-state index >= 15 is 0 Å². The quantitative estimate of drug-likeness (QED) is 0.512. The van der Waals surface area contributed by atoms with Gasteiger partial charge in [0.05, 0.1) is 12.7 Å². The van der Waals surface area contributed by atoms with Crippen LogP contribution in [-0.4, -0.2) is 52.3 Å². The van der Waals surface area contributed by atoms with Gasteiger partial charge in [-0.05, 0) is 23.7 Å². The molecule has 8 heteroatoms. The van der Waals surface area contributed by atoms with E-state index in [4.69, 9.17) is 18.6 Å². The Hall–Kier alpha value is -1.90. The molecule has 1 aliphatic heterocycles. The van der Waals surface area contributed by atoms with Crippen LogP contribution in [0.4, 0.5) is 4.79 Å². The van der Waals surface area contributed by atoms with Gasteiger partial charge < -0.3 is 24.0 Å². The van der Waals surface area contributed by atoms with Crippen LogP contribution in [-0.2, 0) is 30.0 Å². The number of rotatable bonds is 7. The summed E-state index contributed by atoms with van der Waals surface area (Å²) in [6.07, 6.45) is 0.287. The Kier molecular flexibility index (Phi) is 8.07. The molecule has 1 aliphatic rings. The van der Waals surface area contributed by atoms with Crippen LogP contribution in [0.25, 0.3) is 0 Å². The summed E-state index contributed by atoms with van der Waals surface area (Å²) in [5.74, 6) is -0.549. The minimum atomic E-state index is -2.26. The topological polar surface area (TPSA) is 83.1 Å². The molecule has 1 N–H and O–H groups in total. The van der Waals surface area contributed by atoms with Gasteiger partial charge in [0, 0.05) is 26.1 Å². The van der Waals surface area contributed by atoms with Gasteiger partial charge in [-0.3, -0.25) is 0 Å². The zero-order valence-electron chi connectivity index (χ0n) is 18.9. The Morgan fingerprint density at radius 3 is 2.30 bits per heavy atom. The van der Waals surface area contributed by atoms with Crippen molar-refractivity contribution in [3.8, 4) is 0 Å². The van der Waals surface area contributed by atoms with E-state index in [1.54, 1.807) is 0 Å². The lowest BCUT2D eigenvalue weighted by molar-refractivity contribution is -0.154. The number of benzene rings is 1. The first kappa shape index (κ1) is 24.4. The van der Waals surface area contributed by atoms with E-state index in [0.717, 1.165) is 5.56 Å². The summed E-state index contributed by atoms with van der Waals surface area (Å²) in [6, 6.07) is 8.39. The second-order valence-electron chi connectivity index (χ2n) is 9.20. The van der Waals surface area contributed by atoms with Gasteiger partial charge in [-0.25, -0.2) is 9.59 Å². The fourth-order valence-electron chi connectivity index (χ4n) is 3.23. The van der Waals surface area contributed by atoms with Gasteiger partial charge in [0.25, 0.3) is 0 Å². The second-order valence-corrected chi connectivity index (χ2v) is 13.9. The Labute approximate surface area is 180 Å². The molecular weight excluding hydrogens is 402 g/mol. The van der Waals surface area contributed by atoms with Gasteiger partial charge in [0.2, 0.25) is 0 Å². The molecule has 0 saturated carbocycles. The normalized spacial score (nSPS) is 17.7. The van der Waals surface area contributed by atoms with Crippen molar-refractivity contribution in [2.24, 2.45) is 0 Å². The molecule has 0 spiro atoms. The number of alkyl carbamates (subject to hydrolysis) is 1. The van der Waals surface area contributed by atoms with Crippen LogP contribution < -0.4 is 5.32 Å². The van der Waals surface area contributed by atoms with E-state index in [9.17, 15) is 9.59 Å². The van der Waals surface area contributed by atoms with Crippen molar-refractivity contribution in [1.82, 2.24) is 5.32 Å². The molecule has 1 aromatic rings. The fraction of sp³-hybridized carbons (Fsp3) is 0.636. The van der Waals surface area contributed by atoms with E-state index < -0.39 is 32.0 Å². The number of carbonyl (C=O) groups excluding carboxylic acids is 2. The number of hydrogen-bond donors (Lipinski definition) is 1. The maximum absolute atomic E-state index is 12.8. The van der Waals surface area contributed by atoms with Gasteiger partial charge in [0.15, 0.2) is 14.4 Å². The van der Waals surface area contributed by atoms with Crippen LogP contribution in [0.5, 0.6) is 0 Å². The summed E-state index contributed by atoms with van der Waals surface area (Å²) < 4.78 is 22.7. The number of esters is 1. The molecule has 7 nitrogen and oxygen atoms in total. The minimum Gasteiger partial charge on any atom is -0.467 e. The maximum atomic E-state index is 12.8. The predicted octanol–water partition coefficient (Wildman–Crippen LogP) is 4.03. The van der Waals surface area contributed by atoms with Crippen LogP contribution in [0.1, 0.15) is 39.2 Å². The Bertz CT molecular complexity index is 710. The highest BCUT2D eigenvalue weighted by molar-refractivity contribution is 6.74. The highest BCUT2D eigenvalue weighted by Gasteiger charge is 2.52. The number of nitrogens with one attached hydrogen (secondary N) is 1. The second kappa shape index (κ2) is 9.94. The average Bonchev–Trinajstić information content (AvgIpc) is 2.70. The number of carbonyl (C=O) groups is 2. The smallest absolute Gasteiger partial charge is 0.408 e. The molecule has 1 saturated heterocycles. The molecule has 0 radical (unpaired) electrons. The first-order chi connectivity index (χ1) is 14.0. The minimum absolute atomic E-state index is 0.0627. The molecule has 1 aromatic carbocycles. The highest BCUT2D eigenvalue weighted by atomic mass is 28.4. The number of amides is 1. The Balaban J connectivity index is 2.23. The van der Waals surface area contributed by atoms with E-state index in [1.165, 1.54) is 7.11 Å². The average molecular weight is 438 g/mol. The lowest BCUT2D eigenvalue weighted by atomic mass is 9.86. The molecule has 2 rings (SSSR count). The fourth-order valence-corrected chi connectivity index (χ4v) is 4.88. The van der Waals surface area contributed by atoms with Gasteiger partial charge in [-0.2, -0.15) is 0 Å². The van der Waals surface area contributed by atoms with Crippen LogP contribution in [0, 0.1) is 0 Å². The third-order valence-electron chi connectivity index (χ3n) is 6.04. The first-order valence-electron chi connectivity index (χ1n) is 10.3. The van der Waals surface area contributed by atoms with Gasteiger partial charge in [0.1, 0.15) is 6.61 Å². The van der Waals surface area contributed by atoms with Gasteiger partial charge in [-0.1, -0.05) is 51.1 Å². The van der Waals surface area contributed by atoms with Crippen molar-refractivity contribution in [3.05, 3.63) is 35.9 Å². The van der Waals surface area contributed by atoms with Crippen LogP contribution >= 0.6 is 0 Å². The molecule has 1 amide bonds. The molecular formula is C22H35NO6Si. The van der Waals surface area contributed by atoms with Crippen LogP contribution in [0.15, 0.2) is 30.3 Å². The zero-order valence-corrected chi connectivity index (χ0v) is 19.9. The summed E-state index contributed by atoms with van der Waals surface area (Å²) in [7, 11) is -0.952. The molecule has 0 aromatic heterocycles. The third kappa shape index (κ3) is 6.06. The largest absolute Gasteiger partial charge is 0.467 e. The van der Waals surface area contributed by atoms with Gasteiger partial charge in [-0.15, -0.1) is 0 Å². The number of methoxy groups -OCH3 is 1. The van der Waals surface area contributed by atoms with Crippen molar-refractivity contribution in [2.45, 2.75) is 70.0 Å². The summed E-state index contributed by atoms with van der Waals surface area (Å²) in [4.78, 5) is 25.3. The third-order valence-corrected chi connectivity index (χ3v) is 10.6. The van der Waals surface area contributed by atoms with Gasteiger partial charge >= 0.3 is 12.1 Å². The van der Waals surface area contributed by atoms with E-state index in [-0.39, 0.29) is 11.6 Å². The summed E-state index contributed by atoms with van der Waals surface area (Å²) >= 11 is 0. The van der Waals surface area contributed by atoms with Crippen LogP contribution in [0.2, 0.25) is 18.1 Å². The summed E-state index contributed by atoms with van der Waals surface area (Å²) in [5, 5.41) is 2.67. The van der Waals surface area contributed by atoms with Crippen molar-refractivity contribution >= 4 is 20.4 Å². The Morgan fingerprint density at radius 2 is 1.77 bits per heavy atom. The van der Waals surface area contributed by atoms with Crippen LogP contribution in [0.3, 0.4) is 0 Å². The van der Waals surface area contributed by atoms with E-state index in [0.29, 0.717) is 26.1 Å². The lowest BCUT2D eigenvalue weighted by Gasteiger charge is -2.49. The number of ether oxygens (including phenoxy) is 3. The number of hydrogen-bond acceptors (Lipinski definition) is 6. The molecule has 30 heavy (non-hydrogen) atoms.